The van der Waals surface area contributed by atoms with Crippen LogP contribution < -0.4 is 4.90 Å². The molecule has 39 heavy (non-hydrogen) atoms. The molecule has 0 spiro atoms. The van der Waals surface area contributed by atoms with Gasteiger partial charge in [0, 0.05) is 42.2 Å². The maximum absolute atomic E-state index is 13.5. The van der Waals surface area contributed by atoms with Crippen LogP contribution in [0.15, 0.2) is 59.8 Å². The molecule has 204 valence electrons. The first-order valence-electron chi connectivity index (χ1n) is 12.8. The number of rotatable bonds is 6. The summed E-state index contributed by atoms with van der Waals surface area (Å²) in [5.74, 6) is 1.06. The molecule has 1 N–H and O–H groups in total. The monoisotopic (exact) mass is 566 g/mol. The van der Waals surface area contributed by atoms with Crippen molar-refractivity contribution in [2.24, 2.45) is 0 Å². The van der Waals surface area contributed by atoms with Crippen LogP contribution in [0.4, 0.5) is 5.82 Å². The van der Waals surface area contributed by atoms with Crippen molar-refractivity contribution >= 4 is 36.6 Å². The lowest BCUT2D eigenvalue weighted by atomic mass is 10.1. The normalized spacial score (nSPS) is 20.6. The lowest BCUT2D eigenvalue weighted by Gasteiger charge is -2.35. The first-order chi connectivity index (χ1) is 18.5. The molecule has 6 rings (SSSR count). The Morgan fingerprint density at radius 2 is 1.82 bits per heavy atom. The van der Waals surface area contributed by atoms with Gasteiger partial charge >= 0.3 is 0 Å². The molecule has 0 amide bonds. The van der Waals surface area contributed by atoms with Crippen molar-refractivity contribution in [3.63, 3.8) is 0 Å². The zero-order chi connectivity index (χ0) is 27.6. The maximum atomic E-state index is 13.5. The van der Waals surface area contributed by atoms with E-state index in [0.717, 1.165) is 5.56 Å². The summed E-state index contributed by atoms with van der Waals surface area (Å²) in [5, 5.41) is 0.583. The van der Waals surface area contributed by atoms with Gasteiger partial charge in [0.05, 0.1) is 44.3 Å². The van der Waals surface area contributed by atoms with Crippen LogP contribution >= 0.6 is 0 Å². The first kappa shape index (κ1) is 25.9. The van der Waals surface area contributed by atoms with Crippen LogP contribution in [-0.2, 0) is 29.2 Å². The quantitative estimate of drug-likeness (QED) is 0.371. The van der Waals surface area contributed by atoms with Gasteiger partial charge in [-0.05, 0) is 51.0 Å². The summed E-state index contributed by atoms with van der Waals surface area (Å²) in [6.45, 7) is 5.72. The van der Waals surface area contributed by atoms with Crippen LogP contribution in [0.3, 0.4) is 0 Å². The maximum Gasteiger partial charge on any atom is 0.269 e. The number of benzene rings is 1. The highest BCUT2D eigenvalue weighted by molar-refractivity contribution is 7.93. The largest absolute Gasteiger partial charge is 0.377 e. The van der Waals surface area contributed by atoms with E-state index in [-0.39, 0.29) is 16.6 Å². The molecule has 1 saturated heterocycles. The molecule has 12 heteroatoms. The van der Waals surface area contributed by atoms with Gasteiger partial charge in [-0.25, -0.2) is 31.6 Å². The topological polar surface area (TPSA) is 131 Å². The number of nitrogens with one attached hydrogen (secondary N) is 1. The third-order valence-corrected chi connectivity index (χ3v) is 11.5. The van der Waals surface area contributed by atoms with Crippen molar-refractivity contribution in [2.45, 2.75) is 42.4 Å². The first-order valence-corrected chi connectivity index (χ1v) is 16.2. The zero-order valence-corrected chi connectivity index (χ0v) is 23.6. The molecule has 0 radical (unpaired) electrons. The molecule has 4 aromatic rings. The van der Waals surface area contributed by atoms with E-state index in [9.17, 15) is 12.6 Å². The highest BCUT2D eigenvalue weighted by Crippen LogP contribution is 2.52. The second-order valence-corrected chi connectivity index (χ2v) is 14.7. The van der Waals surface area contributed by atoms with Crippen LogP contribution in [0.25, 0.3) is 22.4 Å². The van der Waals surface area contributed by atoms with E-state index < -0.39 is 24.5 Å². The fourth-order valence-electron chi connectivity index (χ4n) is 5.19. The van der Waals surface area contributed by atoms with Crippen LogP contribution in [0.5, 0.6) is 0 Å². The predicted octanol–water partition coefficient (Wildman–Crippen LogP) is 3.93. The summed E-state index contributed by atoms with van der Waals surface area (Å²) in [6, 6.07) is 12.1. The average Bonchev–Trinajstić information content (AvgIpc) is 3.62. The van der Waals surface area contributed by atoms with Gasteiger partial charge in [0.1, 0.15) is 5.82 Å². The minimum atomic E-state index is -3.88. The van der Waals surface area contributed by atoms with Crippen molar-refractivity contribution < 1.29 is 17.4 Å². The number of hydrogen-bond donors (Lipinski definition) is 1. The Morgan fingerprint density at radius 3 is 2.49 bits per heavy atom. The van der Waals surface area contributed by atoms with E-state index in [4.69, 9.17) is 19.5 Å². The lowest BCUT2D eigenvalue weighted by molar-refractivity contribution is 0.0985. The van der Waals surface area contributed by atoms with Crippen molar-refractivity contribution in [3.05, 3.63) is 66.1 Å². The van der Waals surface area contributed by atoms with Crippen LogP contribution in [0.2, 0.25) is 0 Å². The number of aryl methyl sites for hydroxylation is 1. The Kier molecular flexibility index (Phi) is 6.05. The van der Waals surface area contributed by atoms with E-state index >= 15 is 0 Å². The summed E-state index contributed by atoms with van der Waals surface area (Å²) in [7, 11) is -6.81. The minimum Gasteiger partial charge on any atom is -0.377 e. The molecule has 1 aliphatic heterocycles. The zero-order valence-electron chi connectivity index (χ0n) is 22.0. The molecule has 2 fully saturated rings. The number of pyridine rings is 1. The Labute approximate surface area is 228 Å². The molecular weight excluding hydrogens is 536 g/mol. The second-order valence-electron chi connectivity index (χ2n) is 10.4. The molecule has 0 bridgehead atoms. The third-order valence-electron chi connectivity index (χ3n) is 7.66. The van der Waals surface area contributed by atoms with E-state index in [0.29, 0.717) is 60.9 Å². The van der Waals surface area contributed by atoms with Gasteiger partial charge in [0.25, 0.3) is 10.0 Å². The fourth-order valence-corrected chi connectivity index (χ4v) is 7.88. The number of morpholine rings is 1. The van der Waals surface area contributed by atoms with Crippen molar-refractivity contribution in [1.82, 2.24) is 18.9 Å². The van der Waals surface area contributed by atoms with Crippen LogP contribution in [-0.4, -0.2) is 63.6 Å². The molecule has 1 unspecified atom stereocenters. The molecule has 10 nitrogen and oxygen atoms in total. The van der Waals surface area contributed by atoms with E-state index in [2.05, 4.69) is 16.8 Å². The van der Waals surface area contributed by atoms with Crippen LogP contribution in [0, 0.1) is 11.7 Å². The van der Waals surface area contributed by atoms with E-state index in [1.807, 2.05) is 13.0 Å². The summed E-state index contributed by atoms with van der Waals surface area (Å²) < 4.78 is 54.4. The number of hydrogen-bond acceptors (Lipinski definition) is 9. The Bertz CT molecular complexity index is 1800. The Morgan fingerprint density at radius 1 is 1.08 bits per heavy atom. The molecule has 1 aliphatic carbocycles. The van der Waals surface area contributed by atoms with Gasteiger partial charge < -0.3 is 9.64 Å². The highest BCUT2D eigenvalue weighted by atomic mass is 32.2. The molecule has 2 aliphatic rings. The fraction of sp³-hybridized carbons (Fsp3) is 0.370. The number of nitrogens with zero attached hydrogens (tertiary/aromatic N) is 5. The minimum absolute atomic E-state index is 0.0738. The Balaban J connectivity index is 1.53. The van der Waals surface area contributed by atoms with Gasteiger partial charge in [-0.15, -0.1) is 0 Å². The van der Waals surface area contributed by atoms with Crippen molar-refractivity contribution in [1.29, 1.82) is 4.78 Å². The van der Waals surface area contributed by atoms with E-state index in [1.54, 1.807) is 42.6 Å². The van der Waals surface area contributed by atoms with Gasteiger partial charge in [0.15, 0.2) is 11.5 Å². The molecule has 3 aromatic heterocycles. The number of anilines is 1. The standard InChI is InChI=1S/C27H30N6O4S2/c1-18-4-6-20(7-5-18)39(35,36)33-13-9-22-21(8-12-29-26(22)33)25-30-23(27(10-11-27)38(3,28)34)16-24(31-25)32-14-15-37-17-19(32)2/h4-9,12-13,16,19,28H,10-11,14-15,17H2,1-3H3/t19?,38-/m1/s1. The average molecular weight is 567 g/mol. The van der Waals surface area contributed by atoms with Crippen molar-refractivity contribution in [3.8, 4) is 11.4 Å². The predicted molar refractivity (Wildman–Crippen MR) is 150 cm³/mol. The lowest BCUT2D eigenvalue weighted by Crippen LogP contribution is -2.44. The third kappa shape index (κ3) is 4.30. The molecule has 4 heterocycles. The Hall–Kier alpha value is -3.35. The van der Waals surface area contributed by atoms with Gasteiger partial charge in [-0.3, -0.25) is 4.78 Å². The number of fused-ring (bicyclic) bond motifs is 1. The molecule has 1 saturated carbocycles. The smallest absolute Gasteiger partial charge is 0.269 e. The second kappa shape index (κ2) is 9.10. The van der Waals surface area contributed by atoms with Gasteiger partial charge in [0.2, 0.25) is 0 Å². The summed E-state index contributed by atoms with van der Waals surface area (Å²) in [5.41, 5.74) is 2.43. The van der Waals surface area contributed by atoms with Crippen molar-refractivity contribution in [2.75, 3.05) is 30.9 Å². The number of ether oxygens (including phenoxy) is 1. The summed E-state index contributed by atoms with van der Waals surface area (Å²) in [4.78, 5) is 16.5. The molecular formula is C27H30N6O4S2. The van der Waals surface area contributed by atoms with Gasteiger partial charge in [-0.2, -0.15) is 0 Å². The summed E-state index contributed by atoms with van der Waals surface area (Å²) >= 11 is 0. The highest BCUT2D eigenvalue weighted by Gasteiger charge is 2.53. The van der Waals surface area contributed by atoms with Crippen LogP contribution in [0.1, 0.15) is 31.0 Å². The van der Waals surface area contributed by atoms with E-state index in [1.165, 1.54) is 16.4 Å². The van der Waals surface area contributed by atoms with Gasteiger partial charge in [-0.1, -0.05) is 17.7 Å². The molecule has 2 atom stereocenters. The number of aromatic nitrogens is 4. The molecule has 1 aromatic carbocycles. The SMILES string of the molecule is Cc1ccc(S(=O)(=O)n2ccc3c(-c4nc(N5CCOCC5C)cc(C5([S@](C)(=N)=O)CC5)n4)ccnc32)cc1. The summed E-state index contributed by atoms with van der Waals surface area (Å²) in [6.07, 6.45) is 5.76.